The molecule has 6 nitrogen and oxygen atoms in total. The zero-order chi connectivity index (χ0) is 17.4. The Bertz CT molecular complexity index is 639. The number of amides is 1. The molecule has 0 saturated carbocycles. The highest BCUT2D eigenvalue weighted by Gasteiger charge is 2.06. The smallest absolute Gasteiger partial charge is 0.254 e. The molecule has 1 amide bonds. The molecule has 0 fully saturated rings. The molecule has 0 saturated heterocycles. The third kappa shape index (κ3) is 5.53. The molecule has 0 unspecified atom stereocenters. The maximum absolute atomic E-state index is 11.9. The number of unbranched alkanes of at least 4 members (excludes halogenated alkanes) is 1. The largest absolute Gasteiger partial charge is 0.491 e. The van der Waals surface area contributed by atoms with Gasteiger partial charge in [-0.3, -0.25) is 4.79 Å². The highest BCUT2D eigenvalue weighted by molar-refractivity contribution is 5.93. The minimum atomic E-state index is -0.148. The zero-order valence-corrected chi connectivity index (χ0v) is 14.4. The number of carbonyl (C=O) groups is 1. The average molecular weight is 328 g/mol. The normalized spacial score (nSPS) is 10.5. The van der Waals surface area contributed by atoms with Crippen molar-refractivity contribution in [3.8, 4) is 5.75 Å². The topological polar surface area (TPSA) is 76.1 Å². The van der Waals surface area contributed by atoms with E-state index in [1.165, 1.54) is 12.4 Å². The average Bonchev–Trinajstić information content (AvgIpc) is 2.57. The van der Waals surface area contributed by atoms with Gasteiger partial charge in [-0.1, -0.05) is 13.3 Å². The molecular formula is C18H24N4O2. The molecule has 2 rings (SSSR count). The summed E-state index contributed by atoms with van der Waals surface area (Å²) in [6.45, 7) is 6.72. The second-order valence-corrected chi connectivity index (χ2v) is 5.72. The molecular weight excluding hydrogens is 304 g/mol. The van der Waals surface area contributed by atoms with Gasteiger partial charge < -0.3 is 15.4 Å². The van der Waals surface area contributed by atoms with Crippen molar-refractivity contribution in [2.24, 2.45) is 0 Å². The maximum Gasteiger partial charge on any atom is 0.254 e. The lowest BCUT2D eigenvalue weighted by Gasteiger charge is -2.10. The van der Waals surface area contributed by atoms with Gasteiger partial charge in [0.25, 0.3) is 5.91 Å². The van der Waals surface area contributed by atoms with Crippen LogP contribution in [0.1, 0.15) is 44.0 Å². The van der Waals surface area contributed by atoms with Crippen LogP contribution >= 0.6 is 0 Å². The summed E-state index contributed by atoms with van der Waals surface area (Å²) in [6, 6.07) is 7.56. The first kappa shape index (κ1) is 17.7. The minimum absolute atomic E-state index is 0.142. The molecule has 0 spiro atoms. The van der Waals surface area contributed by atoms with Crippen LogP contribution in [0.3, 0.4) is 0 Å². The number of aromatic nitrogens is 2. The van der Waals surface area contributed by atoms with Crippen molar-refractivity contribution in [2.45, 2.75) is 39.7 Å². The van der Waals surface area contributed by atoms with Gasteiger partial charge in [-0.15, -0.1) is 0 Å². The molecule has 0 aliphatic carbocycles. The highest BCUT2D eigenvalue weighted by atomic mass is 16.5. The molecule has 1 aromatic carbocycles. The number of nitrogens with one attached hydrogen (secondary N) is 2. The Balaban J connectivity index is 1.92. The lowest BCUT2D eigenvalue weighted by Crippen LogP contribution is -2.24. The van der Waals surface area contributed by atoms with E-state index in [1.807, 2.05) is 38.1 Å². The highest BCUT2D eigenvalue weighted by Crippen LogP contribution is 2.19. The molecule has 6 heteroatoms. The molecule has 2 N–H and O–H groups in total. The SMILES string of the molecule is CCCCNC(=O)c1cnc(Nc2ccc(OC(C)C)cc2)nc1. The van der Waals surface area contributed by atoms with Crippen molar-refractivity contribution in [1.82, 2.24) is 15.3 Å². The number of anilines is 2. The van der Waals surface area contributed by atoms with Gasteiger partial charge in [-0.2, -0.15) is 0 Å². The van der Waals surface area contributed by atoms with Crippen molar-refractivity contribution in [1.29, 1.82) is 0 Å². The van der Waals surface area contributed by atoms with Gasteiger partial charge in [0, 0.05) is 24.6 Å². The minimum Gasteiger partial charge on any atom is -0.491 e. The summed E-state index contributed by atoms with van der Waals surface area (Å²) in [6.07, 6.45) is 5.19. The van der Waals surface area contributed by atoms with Gasteiger partial charge >= 0.3 is 0 Å². The summed E-state index contributed by atoms with van der Waals surface area (Å²) in [5.74, 6) is 1.11. The third-order valence-corrected chi connectivity index (χ3v) is 3.21. The van der Waals surface area contributed by atoms with Crippen LogP contribution in [0.25, 0.3) is 0 Å². The van der Waals surface area contributed by atoms with Crippen LogP contribution in [0.4, 0.5) is 11.6 Å². The molecule has 1 heterocycles. The van der Waals surface area contributed by atoms with E-state index >= 15 is 0 Å². The van der Waals surface area contributed by atoms with E-state index in [4.69, 9.17) is 4.74 Å². The zero-order valence-electron chi connectivity index (χ0n) is 14.4. The van der Waals surface area contributed by atoms with Crippen LogP contribution in [-0.2, 0) is 0 Å². The summed E-state index contributed by atoms with van der Waals surface area (Å²) in [5.41, 5.74) is 1.31. The van der Waals surface area contributed by atoms with Gasteiger partial charge in [0.1, 0.15) is 5.75 Å². The molecule has 24 heavy (non-hydrogen) atoms. The molecule has 0 aliphatic rings. The Morgan fingerprint density at radius 2 is 1.83 bits per heavy atom. The fraction of sp³-hybridized carbons (Fsp3) is 0.389. The van der Waals surface area contributed by atoms with Crippen molar-refractivity contribution >= 4 is 17.5 Å². The second-order valence-electron chi connectivity index (χ2n) is 5.72. The van der Waals surface area contributed by atoms with Crippen LogP contribution in [0.15, 0.2) is 36.7 Å². The van der Waals surface area contributed by atoms with E-state index in [9.17, 15) is 4.79 Å². The third-order valence-electron chi connectivity index (χ3n) is 3.21. The van der Waals surface area contributed by atoms with Gasteiger partial charge in [-0.25, -0.2) is 9.97 Å². The predicted molar refractivity (Wildman–Crippen MR) is 94.8 cm³/mol. The van der Waals surface area contributed by atoms with E-state index in [2.05, 4.69) is 27.5 Å². The molecule has 0 aliphatic heterocycles. The van der Waals surface area contributed by atoms with Crippen molar-refractivity contribution in [2.75, 3.05) is 11.9 Å². The Labute approximate surface area is 142 Å². The standard InChI is InChI=1S/C18H24N4O2/c1-4-5-10-19-17(23)14-11-20-18(21-12-14)22-15-6-8-16(9-7-15)24-13(2)3/h6-9,11-13H,4-5,10H2,1-3H3,(H,19,23)(H,20,21,22). The van der Waals surface area contributed by atoms with Crippen LogP contribution in [0.5, 0.6) is 5.75 Å². The first-order chi connectivity index (χ1) is 11.6. The Kier molecular flexibility index (Phi) is 6.54. The molecule has 128 valence electrons. The number of rotatable bonds is 8. The second kappa shape index (κ2) is 8.86. The quantitative estimate of drug-likeness (QED) is 0.725. The Morgan fingerprint density at radius 1 is 1.17 bits per heavy atom. The van der Waals surface area contributed by atoms with Crippen LogP contribution in [0.2, 0.25) is 0 Å². The molecule has 0 atom stereocenters. The first-order valence-corrected chi connectivity index (χ1v) is 8.22. The van der Waals surface area contributed by atoms with Crippen LogP contribution < -0.4 is 15.4 Å². The maximum atomic E-state index is 11.9. The number of carbonyl (C=O) groups excluding carboxylic acids is 1. The monoisotopic (exact) mass is 328 g/mol. The number of benzene rings is 1. The fourth-order valence-electron chi connectivity index (χ4n) is 2.01. The molecule has 0 radical (unpaired) electrons. The summed E-state index contributed by atoms with van der Waals surface area (Å²) >= 11 is 0. The van der Waals surface area contributed by atoms with Gasteiger partial charge in [0.05, 0.1) is 11.7 Å². The summed E-state index contributed by atoms with van der Waals surface area (Å²) in [4.78, 5) is 20.2. The van der Waals surface area contributed by atoms with Crippen LogP contribution in [-0.4, -0.2) is 28.5 Å². The lowest BCUT2D eigenvalue weighted by atomic mass is 10.3. The van der Waals surface area contributed by atoms with Crippen LogP contribution in [0, 0.1) is 0 Å². The summed E-state index contributed by atoms with van der Waals surface area (Å²) in [7, 11) is 0. The van der Waals surface area contributed by atoms with E-state index in [0.717, 1.165) is 24.3 Å². The lowest BCUT2D eigenvalue weighted by molar-refractivity contribution is 0.0952. The molecule has 2 aromatic rings. The van der Waals surface area contributed by atoms with E-state index in [-0.39, 0.29) is 12.0 Å². The number of hydrogen-bond donors (Lipinski definition) is 2. The van der Waals surface area contributed by atoms with Crippen molar-refractivity contribution in [3.63, 3.8) is 0 Å². The number of nitrogens with zero attached hydrogens (tertiary/aromatic N) is 2. The Hall–Kier alpha value is -2.63. The van der Waals surface area contributed by atoms with Gasteiger partial charge in [0.15, 0.2) is 0 Å². The van der Waals surface area contributed by atoms with E-state index < -0.39 is 0 Å². The van der Waals surface area contributed by atoms with Crippen molar-refractivity contribution in [3.05, 3.63) is 42.2 Å². The predicted octanol–water partition coefficient (Wildman–Crippen LogP) is 3.54. The number of ether oxygens (including phenoxy) is 1. The van der Waals surface area contributed by atoms with E-state index in [0.29, 0.717) is 18.1 Å². The first-order valence-electron chi connectivity index (χ1n) is 8.22. The Morgan fingerprint density at radius 3 is 2.42 bits per heavy atom. The summed E-state index contributed by atoms with van der Waals surface area (Å²) in [5, 5.41) is 5.93. The van der Waals surface area contributed by atoms with E-state index in [1.54, 1.807) is 0 Å². The number of hydrogen-bond acceptors (Lipinski definition) is 5. The summed E-state index contributed by atoms with van der Waals surface area (Å²) < 4.78 is 5.60. The molecule has 1 aromatic heterocycles. The van der Waals surface area contributed by atoms with Gasteiger partial charge in [-0.05, 0) is 44.5 Å². The molecule has 0 bridgehead atoms. The van der Waals surface area contributed by atoms with Crippen molar-refractivity contribution < 1.29 is 9.53 Å². The fourth-order valence-corrected chi connectivity index (χ4v) is 2.01. The van der Waals surface area contributed by atoms with Gasteiger partial charge in [0.2, 0.25) is 5.95 Å².